The summed E-state index contributed by atoms with van der Waals surface area (Å²) in [6.07, 6.45) is 0. The number of aromatic carboxylic acids is 1. The molecule has 1 aromatic carbocycles. The lowest BCUT2D eigenvalue weighted by atomic mass is 10.2. The number of nitrogens with zero attached hydrogens (tertiary/aromatic N) is 1. The van der Waals surface area contributed by atoms with Gasteiger partial charge in [-0.25, -0.2) is 13.2 Å². The van der Waals surface area contributed by atoms with Gasteiger partial charge >= 0.3 is 5.97 Å². The normalized spacial score (nSPS) is 11.6. The molecule has 0 aromatic heterocycles. The molecule has 0 spiro atoms. The first-order valence-electron chi connectivity index (χ1n) is 5.51. The lowest BCUT2D eigenvalue weighted by Gasteiger charge is -2.19. The van der Waals surface area contributed by atoms with Gasteiger partial charge in [-0.2, -0.15) is 4.31 Å². The molecule has 7 nitrogen and oxygen atoms in total. The number of primary amides is 1. The molecule has 0 aliphatic carbocycles. The Kier molecular flexibility index (Phi) is 5.26. The van der Waals surface area contributed by atoms with Crippen LogP contribution in [0.5, 0.6) is 0 Å². The summed E-state index contributed by atoms with van der Waals surface area (Å²) in [4.78, 5) is 21.7. The Labute approximate surface area is 124 Å². The van der Waals surface area contributed by atoms with Crippen LogP contribution in [-0.4, -0.2) is 42.8 Å². The van der Waals surface area contributed by atoms with Gasteiger partial charge in [-0.15, -0.1) is 0 Å². The van der Waals surface area contributed by atoms with E-state index in [-0.39, 0.29) is 21.5 Å². The summed E-state index contributed by atoms with van der Waals surface area (Å²) in [7, 11) is -3.97. The van der Waals surface area contributed by atoms with Gasteiger partial charge in [0.05, 0.1) is 17.0 Å². The molecule has 0 radical (unpaired) electrons. The van der Waals surface area contributed by atoms with Crippen molar-refractivity contribution in [2.45, 2.75) is 11.8 Å². The minimum Gasteiger partial charge on any atom is -0.478 e. The first-order valence-corrected chi connectivity index (χ1v) is 7.74. The van der Waals surface area contributed by atoms with Crippen LogP contribution in [0.2, 0.25) is 0 Å². The van der Waals surface area contributed by atoms with Gasteiger partial charge in [0.15, 0.2) is 0 Å². The average Bonchev–Trinajstić information content (AvgIpc) is 2.35. The first kappa shape index (κ1) is 16.6. The highest BCUT2D eigenvalue weighted by Gasteiger charge is 2.26. The lowest BCUT2D eigenvalue weighted by Crippen LogP contribution is -2.38. The number of carbonyl (C=O) groups excluding carboxylic acids is 1. The molecule has 1 aromatic rings. The van der Waals surface area contributed by atoms with Crippen LogP contribution in [0.25, 0.3) is 0 Å². The van der Waals surface area contributed by atoms with Gasteiger partial charge in [-0.1, -0.05) is 6.92 Å². The summed E-state index contributed by atoms with van der Waals surface area (Å²) in [6.45, 7) is 1.14. The molecule has 0 heterocycles. The summed E-state index contributed by atoms with van der Waals surface area (Å²) in [5, 5.41) is 8.98. The van der Waals surface area contributed by atoms with Crippen molar-refractivity contribution in [2.75, 3.05) is 13.1 Å². The number of carboxylic acids is 1. The van der Waals surface area contributed by atoms with Crippen LogP contribution in [0.3, 0.4) is 0 Å². The zero-order valence-electron chi connectivity index (χ0n) is 10.5. The third-order valence-electron chi connectivity index (χ3n) is 2.49. The molecule has 0 bridgehead atoms. The van der Waals surface area contributed by atoms with Crippen LogP contribution in [0.4, 0.5) is 0 Å². The molecule has 0 aliphatic heterocycles. The van der Waals surface area contributed by atoms with Crippen LogP contribution in [0.1, 0.15) is 17.3 Å². The second kappa shape index (κ2) is 6.33. The SMILES string of the molecule is CCN(CC(N)=O)S(=O)(=O)c1ccc(Br)c(C(=O)O)c1. The van der Waals surface area contributed by atoms with E-state index in [0.717, 1.165) is 10.4 Å². The Morgan fingerprint density at radius 1 is 1.40 bits per heavy atom. The molecule has 1 amide bonds. The minimum absolute atomic E-state index is 0.0454. The zero-order chi connectivity index (χ0) is 15.5. The third-order valence-corrected chi connectivity index (χ3v) is 5.10. The highest BCUT2D eigenvalue weighted by Crippen LogP contribution is 2.23. The van der Waals surface area contributed by atoms with Gasteiger partial charge in [0.2, 0.25) is 15.9 Å². The Balaban J connectivity index is 3.31. The number of nitrogens with two attached hydrogens (primary N) is 1. The van der Waals surface area contributed by atoms with Crippen molar-refractivity contribution in [3.8, 4) is 0 Å². The van der Waals surface area contributed by atoms with E-state index in [0.29, 0.717) is 0 Å². The fraction of sp³-hybridized carbons (Fsp3) is 0.273. The van der Waals surface area contributed by atoms with Crippen molar-refractivity contribution in [1.29, 1.82) is 0 Å². The van der Waals surface area contributed by atoms with Crippen LogP contribution in [-0.2, 0) is 14.8 Å². The van der Waals surface area contributed by atoms with Crippen molar-refractivity contribution in [3.05, 3.63) is 28.2 Å². The van der Waals surface area contributed by atoms with Crippen LogP contribution in [0.15, 0.2) is 27.6 Å². The van der Waals surface area contributed by atoms with Crippen molar-refractivity contribution in [3.63, 3.8) is 0 Å². The average molecular weight is 365 g/mol. The second-order valence-corrected chi connectivity index (χ2v) is 6.64. The predicted octanol–water partition coefficient (Wildman–Crippen LogP) is 0.643. The van der Waals surface area contributed by atoms with E-state index in [1.165, 1.54) is 12.1 Å². The van der Waals surface area contributed by atoms with Gasteiger partial charge in [-0.05, 0) is 34.1 Å². The molecule has 3 N–H and O–H groups in total. The van der Waals surface area contributed by atoms with E-state index in [2.05, 4.69) is 15.9 Å². The molecule has 110 valence electrons. The Morgan fingerprint density at radius 2 is 2.00 bits per heavy atom. The summed E-state index contributed by atoms with van der Waals surface area (Å²) in [5.74, 6) is -2.04. The molecule has 1 rings (SSSR count). The molecule has 0 saturated heterocycles. The van der Waals surface area contributed by atoms with E-state index in [4.69, 9.17) is 10.8 Å². The van der Waals surface area contributed by atoms with Crippen molar-refractivity contribution < 1.29 is 23.1 Å². The number of rotatable bonds is 6. The molecule has 0 atom stereocenters. The van der Waals surface area contributed by atoms with E-state index in [1.807, 2.05) is 0 Å². The summed E-state index contributed by atoms with van der Waals surface area (Å²) in [6, 6.07) is 3.62. The van der Waals surface area contributed by atoms with Gasteiger partial charge < -0.3 is 10.8 Å². The molecular weight excluding hydrogens is 352 g/mol. The van der Waals surface area contributed by atoms with Gasteiger partial charge in [-0.3, -0.25) is 4.79 Å². The van der Waals surface area contributed by atoms with Gasteiger partial charge in [0, 0.05) is 11.0 Å². The minimum atomic E-state index is -3.97. The number of benzene rings is 1. The monoisotopic (exact) mass is 364 g/mol. The topological polar surface area (TPSA) is 118 Å². The summed E-state index contributed by atoms with van der Waals surface area (Å²) < 4.78 is 25.7. The molecule has 0 saturated carbocycles. The molecule has 9 heteroatoms. The molecule has 20 heavy (non-hydrogen) atoms. The fourth-order valence-corrected chi connectivity index (χ4v) is 3.38. The fourth-order valence-electron chi connectivity index (χ4n) is 1.52. The summed E-state index contributed by atoms with van der Waals surface area (Å²) >= 11 is 3.03. The number of carboxylic acid groups (broad SMARTS) is 1. The van der Waals surface area contributed by atoms with Crippen molar-refractivity contribution in [1.82, 2.24) is 4.31 Å². The number of amides is 1. The van der Waals surface area contributed by atoms with Gasteiger partial charge in [0.25, 0.3) is 0 Å². The quantitative estimate of drug-likeness (QED) is 0.767. The van der Waals surface area contributed by atoms with Gasteiger partial charge in [0.1, 0.15) is 0 Å². The maximum atomic E-state index is 12.3. The standard InChI is InChI=1S/C11H13BrN2O5S/c1-2-14(6-10(13)15)20(18,19)7-3-4-9(12)8(5-7)11(16)17/h3-5H,2,6H2,1H3,(H2,13,15)(H,16,17). The molecule has 0 unspecified atom stereocenters. The summed E-state index contributed by atoms with van der Waals surface area (Å²) in [5.41, 5.74) is 4.82. The van der Waals surface area contributed by atoms with Crippen LogP contribution in [0, 0.1) is 0 Å². The van der Waals surface area contributed by atoms with Crippen LogP contribution >= 0.6 is 15.9 Å². The van der Waals surface area contributed by atoms with Crippen molar-refractivity contribution >= 4 is 37.8 Å². The maximum absolute atomic E-state index is 12.3. The number of hydrogen-bond donors (Lipinski definition) is 2. The van der Waals surface area contributed by atoms with Crippen molar-refractivity contribution in [2.24, 2.45) is 5.73 Å². The highest BCUT2D eigenvalue weighted by atomic mass is 79.9. The highest BCUT2D eigenvalue weighted by molar-refractivity contribution is 9.10. The molecule has 0 fully saturated rings. The van der Waals surface area contributed by atoms with E-state index >= 15 is 0 Å². The predicted molar refractivity (Wildman–Crippen MR) is 74.7 cm³/mol. The molecular formula is C11H13BrN2O5S. The number of hydrogen-bond acceptors (Lipinski definition) is 4. The Bertz CT molecular complexity index is 644. The number of halogens is 1. The first-order chi connectivity index (χ1) is 9.20. The lowest BCUT2D eigenvalue weighted by molar-refractivity contribution is -0.118. The Morgan fingerprint density at radius 3 is 2.45 bits per heavy atom. The second-order valence-electron chi connectivity index (χ2n) is 3.84. The van der Waals surface area contributed by atoms with Crippen LogP contribution < -0.4 is 5.73 Å². The maximum Gasteiger partial charge on any atom is 0.336 e. The van der Waals surface area contributed by atoms with E-state index in [9.17, 15) is 18.0 Å². The number of carbonyl (C=O) groups is 2. The van der Waals surface area contributed by atoms with E-state index < -0.39 is 28.4 Å². The zero-order valence-corrected chi connectivity index (χ0v) is 12.9. The number of sulfonamides is 1. The largest absolute Gasteiger partial charge is 0.478 e. The smallest absolute Gasteiger partial charge is 0.336 e. The Hall–Kier alpha value is -1.45. The third kappa shape index (κ3) is 3.56. The number of likely N-dealkylation sites (N-methyl/N-ethyl adjacent to an activating group) is 1. The van der Waals surface area contributed by atoms with E-state index in [1.54, 1.807) is 6.92 Å². The molecule has 0 aliphatic rings.